The zero-order chi connectivity index (χ0) is 20.4. The van der Waals surface area contributed by atoms with Gasteiger partial charge in [0.1, 0.15) is 10.6 Å². The van der Waals surface area contributed by atoms with Crippen molar-refractivity contribution in [2.45, 2.75) is 11.2 Å². The Morgan fingerprint density at radius 1 is 1.30 bits per heavy atom. The lowest BCUT2D eigenvalue weighted by Gasteiger charge is -2.19. The topological polar surface area (TPSA) is 107 Å². The third-order valence-electron chi connectivity index (χ3n) is 3.41. The molecule has 1 heterocycles. The monoisotopic (exact) mass is 401 g/mol. The molecule has 27 heavy (non-hydrogen) atoms. The van der Waals surface area contributed by atoms with Gasteiger partial charge in [0.2, 0.25) is 0 Å². The van der Waals surface area contributed by atoms with Gasteiger partial charge >= 0.3 is 6.30 Å². The maximum atomic E-state index is 12.5. The molecule has 1 amide bonds. The van der Waals surface area contributed by atoms with E-state index in [0.717, 1.165) is 16.8 Å². The fourth-order valence-corrected chi connectivity index (χ4v) is 3.19. The summed E-state index contributed by atoms with van der Waals surface area (Å²) in [6.07, 6.45) is -3.90. The maximum Gasteiger partial charge on any atom is 0.473 e. The first-order chi connectivity index (χ1) is 12.4. The summed E-state index contributed by atoms with van der Waals surface area (Å²) in [4.78, 5) is 13.2. The number of sulfonamides is 1. The van der Waals surface area contributed by atoms with E-state index in [1.54, 1.807) is 6.07 Å². The van der Waals surface area contributed by atoms with Crippen LogP contribution in [0.3, 0.4) is 0 Å². The molecule has 144 valence electrons. The van der Waals surface area contributed by atoms with Crippen molar-refractivity contribution in [3.63, 3.8) is 0 Å². The molecule has 0 aliphatic rings. The molecule has 0 spiro atoms. The molecule has 0 unspecified atom stereocenters. The van der Waals surface area contributed by atoms with E-state index in [4.69, 9.17) is 5.26 Å². The molecule has 12 heteroatoms. The summed E-state index contributed by atoms with van der Waals surface area (Å²) < 4.78 is 62.9. The van der Waals surface area contributed by atoms with Crippen molar-refractivity contribution < 1.29 is 26.4 Å². The standard InChI is InChI=1S/C15H14F3N5O3S/c1-22-9-12(27(25,26)21-23(2)15(16,17)18)7-13(22)14(24)20-11-5-3-4-10(6-11)8-19/h3-7,9,21H,1-2H3,(H,20,24). The summed E-state index contributed by atoms with van der Waals surface area (Å²) >= 11 is 0. The fourth-order valence-electron chi connectivity index (χ4n) is 2.05. The summed E-state index contributed by atoms with van der Waals surface area (Å²) in [5.74, 6) is -0.696. The van der Waals surface area contributed by atoms with Crippen LogP contribution in [0.15, 0.2) is 41.4 Å². The van der Waals surface area contributed by atoms with Gasteiger partial charge in [-0.1, -0.05) is 6.07 Å². The van der Waals surface area contributed by atoms with Crippen LogP contribution < -0.4 is 10.1 Å². The largest absolute Gasteiger partial charge is 0.473 e. The minimum Gasteiger partial charge on any atom is -0.345 e. The van der Waals surface area contributed by atoms with E-state index in [0.29, 0.717) is 18.3 Å². The molecule has 1 aromatic heterocycles. The smallest absolute Gasteiger partial charge is 0.345 e. The molecule has 0 fully saturated rings. The number of hydrogen-bond donors (Lipinski definition) is 2. The zero-order valence-corrected chi connectivity index (χ0v) is 14.9. The molecule has 2 aromatic rings. The Bertz CT molecular complexity index is 1010. The summed E-state index contributed by atoms with van der Waals surface area (Å²) in [7, 11) is -2.67. The number of nitrogens with zero attached hydrogens (tertiary/aromatic N) is 3. The maximum absolute atomic E-state index is 12.5. The molecule has 8 nitrogen and oxygen atoms in total. The van der Waals surface area contributed by atoms with Crippen LogP contribution in [0.25, 0.3) is 0 Å². The van der Waals surface area contributed by atoms with Crippen LogP contribution in [0.4, 0.5) is 18.9 Å². The second kappa shape index (κ2) is 7.39. The molecule has 0 atom stereocenters. The number of nitrogens with one attached hydrogen (secondary N) is 2. The van der Waals surface area contributed by atoms with Crippen LogP contribution >= 0.6 is 0 Å². The predicted octanol–water partition coefficient (Wildman–Crippen LogP) is 1.79. The van der Waals surface area contributed by atoms with Gasteiger partial charge in [-0.2, -0.15) is 18.4 Å². The normalized spacial score (nSPS) is 12.0. The van der Waals surface area contributed by atoms with E-state index < -0.39 is 32.1 Å². The Labute approximate surface area is 152 Å². The van der Waals surface area contributed by atoms with Crippen molar-refractivity contribution in [3.8, 4) is 6.07 Å². The number of nitriles is 1. The molecular weight excluding hydrogens is 387 g/mol. The Morgan fingerprint density at radius 3 is 2.56 bits per heavy atom. The van der Waals surface area contributed by atoms with E-state index in [9.17, 15) is 26.4 Å². The number of amides is 1. The van der Waals surface area contributed by atoms with Gasteiger partial charge in [0.05, 0.1) is 11.6 Å². The summed E-state index contributed by atoms with van der Waals surface area (Å²) in [5.41, 5.74) is 0.509. The van der Waals surface area contributed by atoms with Crippen molar-refractivity contribution in [1.82, 2.24) is 14.4 Å². The van der Waals surface area contributed by atoms with E-state index in [1.807, 2.05) is 6.07 Å². The highest BCUT2D eigenvalue weighted by atomic mass is 32.2. The van der Waals surface area contributed by atoms with Crippen molar-refractivity contribution in [2.24, 2.45) is 7.05 Å². The first kappa shape index (κ1) is 20.4. The van der Waals surface area contributed by atoms with Crippen molar-refractivity contribution >= 4 is 21.6 Å². The number of hydrogen-bond acceptors (Lipinski definition) is 5. The van der Waals surface area contributed by atoms with E-state index in [2.05, 4.69) is 5.32 Å². The Morgan fingerprint density at radius 2 is 1.96 bits per heavy atom. The van der Waals surface area contributed by atoms with Crippen molar-refractivity contribution in [1.29, 1.82) is 5.26 Å². The number of hydrazine groups is 1. The molecule has 2 N–H and O–H groups in total. The second-order valence-corrected chi connectivity index (χ2v) is 7.10. The molecule has 2 rings (SSSR count). The minimum absolute atomic E-state index is 0.104. The molecule has 0 aliphatic heterocycles. The van der Waals surface area contributed by atoms with Crippen LogP contribution in [0, 0.1) is 11.3 Å². The number of halogens is 3. The lowest BCUT2D eigenvalue weighted by molar-refractivity contribution is -0.245. The lowest BCUT2D eigenvalue weighted by atomic mass is 10.2. The number of aromatic nitrogens is 1. The lowest BCUT2D eigenvalue weighted by Crippen LogP contribution is -2.47. The second-order valence-electron chi connectivity index (χ2n) is 5.44. The highest BCUT2D eigenvalue weighted by molar-refractivity contribution is 7.89. The molecule has 0 aliphatic carbocycles. The van der Waals surface area contributed by atoms with Crippen LogP contribution in [0.2, 0.25) is 0 Å². The van der Waals surface area contributed by atoms with Crippen LogP contribution in [0.1, 0.15) is 16.1 Å². The van der Waals surface area contributed by atoms with Crippen LogP contribution in [0.5, 0.6) is 0 Å². The third-order valence-corrected chi connectivity index (χ3v) is 4.77. The first-order valence-electron chi connectivity index (χ1n) is 7.25. The van der Waals surface area contributed by atoms with Gasteiger partial charge in [0, 0.05) is 26.0 Å². The van der Waals surface area contributed by atoms with Gasteiger partial charge < -0.3 is 9.88 Å². The highest BCUT2D eigenvalue weighted by Gasteiger charge is 2.37. The number of carbonyl (C=O) groups excluding carboxylic acids is 1. The predicted molar refractivity (Wildman–Crippen MR) is 88.7 cm³/mol. The highest BCUT2D eigenvalue weighted by Crippen LogP contribution is 2.20. The van der Waals surface area contributed by atoms with E-state index in [-0.39, 0.29) is 5.69 Å². The fraction of sp³-hybridized carbons (Fsp3) is 0.200. The number of anilines is 1. The molecule has 0 saturated carbocycles. The quantitative estimate of drug-likeness (QED) is 0.587. The van der Waals surface area contributed by atoms with Crippen molar-refractivity contribution in [3.05, 3.63) is 47.8 Å². The summed E-state index contributed by atoms with van der Waals surface area (Å²) in [5, 5.41) is 10.8. The van der Waals surface area contributed by atoms with Crippen LogP contribution in [-0.4, -0.2) is 37.2 Å². The Balaban J connectivity index is 2.25. The van der Waals surface area contributed by atoms with Crippen LogP contribution in [-0.2, 0) is 17.1 Å². The molecule has 0 bridgehead atoms. The zero-order valence-electron chi connectivity index (χ0n) is 14.1. The van der Waals surface area contributed by atoms with Gasteiger partial charge in [-0.3, -0.25) is 4.79 Å². The van der Waals surface area contributed by atoms with E-state index in [1.165, 1.54) is 30.1 Å². The molecule has 1 aromatic carbocycles. The summed E-state index contributed by atoms with van der Waals surface area (Å²) in [6, 6.07) is 8.87. The van der Waals surface area contributed by atoms with Gasteiger partial charge in [-0.25, -0.2) is 8.42 Å². The van der Waals surface area contributed by atoms with Gasteiger partial charge in [-0.05, 0) is 24.3 Å². The summed E-state index contributed by atoms with van der Waals surface area (Å²) in [6.45, 7) is 0. The van der Waals surface area contributed by atoms with Gasteiger partial charge in [0.25, 0.3) is 15.9 Å². The number of carbonyl (C=O) groups is 1. The first-order valence-corrected chi connectivity index (χ1v) is 8.73. The average molecular weight is 401 g/mol. The number of rotatable bonds is 5. The number of benzene rings is 1. The number of alkyl halides is 3. The molecule has 0 saturated heterocycles. The Hall–Kier alpha value is -2.88. The third kappa shape index (κ3) is 4.85. The number of aryl methyl sites for hydroxylation is 1. The van der Waals surface area contributed by atoms with Gasteiger partial charge in [0.15, 0.2) is 0 Å². The average Bonchev–Trinajstić information content (AvgIpc) is 2.96. The SMILES string of the molecule is CN(NS(=O)(=O)c1cc(C(=O)Nc2cccc(C#N)c2)n(C)c1)C(F)(F)F. The Kier molecular flexibility index (Phi) is 5.59. The van der Waals surface area contributed by atoms with E-state index >= 15 is 0 Å². The van der Waals surface area contributed by atoms with Gasteiger partial charge in [-0.15, -0.1) is 9.84 Å². The molecule has 0 radical (unpaired) electrons. The van der Waals surface area contributed by atoms with Crippen molar-refractivity contribution in [2.75, 3.05) is 12.4 Å². The molecular formula is C15H14F3N5O3S. The minimum atomic E-state index is -4.91.